The number of carbonyl (C=O) groups excluding carboxylic acids is 1. The highest BCUT2D eigenvalue weighted by molar-refractivity contribution is 5.89. The van der Waals surface area contributed by atoms with Crippen LogP contribution in [0.3, 0.4) is 0 Å². The second kappa shape index (κ2) is 7.58. The standard InChI is InChI=1S/C17H18F2N2O2/c1-11-3-6-14(9-12(11)2)21-17(22)20-10-13-4-7-15(8-5-13)23-16(18)19/h3-9,16H,10H2,1-2H3,(H2,20,21,22). The number of rotatable bonds is 5. The normalized spacial score (nSPS) is 10.5. The Bertz CT molecular complexity index is 673. The Morgan fingerprint density at radius 3 is 2.39 bits per heavy atom. The Morgan fingerprint density at radius 1 is 1.09 bits per heavy atom. The van der Waals surface area contributed by atoms with E-state index in [0.29, 0.717) is 5.69 Å². The Kier molecular flexibility index (Phi) is 5.51. The Hall–Kier alpha value is -2.63. The van der Waals surface area contributed by atoms with Crippen LogP contribution in [0.4, 0.5) is 19.3 Å². The zero-order valence-electron chi connectivity index (χ0n) is 12.9. The van der Waals surface area contributed by atoms with E-state index in [0.717, 1.165) is 16.7 Å². The van der Waals surface area contributed by atoms with Gasteiger partial charge in [-0.05, 0) is 54.8 Å². The summed E-state index contributed by atoms with van der Waals surface area (Å²) >= 11 is 0. The van der Waals surface area contributed by atoms with Gasteiger partial charge in [0.1, 0.15) is 5.75 Å². The number of hydrogen-bond acceptors (Lipinski definition) is 2. The van der Waals surface area contributed by atoms with E-state index in [1.807, 2.05) is 32.0 Å². The monoisotopic (exact) mass is 320 g/mol. The van der Waals surface area contributed by atoms with Gasteiger partial charge in [-0.25, -0.2) is 4.79 Å². The minimum Gasteiger partial charge on any atom is -0.435 e. The summed E-state index contributed by atoms with van der Waals surface area (Å²) in [5.74, 6) is 0.0864. The van der Waals surface area contributed by atoms with Gasteiger partial charge < -0.3 is 15.4 Å². The van der Waals surface area contributed by atoms with E-state index in [2.05, 4.69) is 15.4 Å². The van der Waals surface area contributed by atoms with Crippen LogP contribution in [0.5, 0.6) is 5.75 Å². The number of urea groups is 1. The molecule has 2 aromatic rings. The zero-order valence-corrected chi connectivity index (χ0v) is 12.9. The van der Waals surface area contributed by atoms with Crippen molar-refractivity contribution in [1.29, 1.82) is 0 Å². The molecule has 0 aliphatic rings. The molecule has 0 radical (unpaired) electrons. The molecule has 4 nitrogen and oxygen atoms in total. The van der Waals surface area contributed by atoms with Crippen LogP contribution in [-0.4, -0.2) is 12.6 Å². The number of alkyl halides is 2. The number of anilines is 1. The number of carbonyl (C=O) groups is 1. The number of nitrogens with one attached hydrogen (secondary N) is 2. The van der Waals surface area contributed by atoms with E-state index in [9.17, 15) is 13.6 Å². The summed E-state index contributed by atoms with van der Waals surface area (Å²) < 4.78 is 28.4. The van der Waals surface area contributed by atoms with E-state index in [-0.39, 0.29) is 18.3 Å². The molecule has 2 rings (SSSR count). The minimum absolute atomic E-state index is 0.0864. The van der Waals surface area contributed by atoms with Crippen LogP contribution in [-0.2, 0) is 6.54 Å². The number of halogens is 2. The van der Waals surface area contributed by atoms with Crippen LogP contribution in [0.1, 0.15) is 16.7 Å². The lowest BCUT2D eigenvalue weighted by atomic mass is 10.1. The van der Waals surface area contributed by atoms with E-state index in [1.54, 1.807) is 12.1 Å². The lowest BCUT2D eigenvalue weighted by Crippen LogP contribution is -2.28. The zero-order chi connectivity index (χ0) is 16.8. The third kappa shape index (κ3) is 5.25. The van der Waals surface area contributed by atoms with E-state index < -0.39 is 6.61 Å². The van der Waals surface area contributed by atoms with Crippen molar-refractivity contribution in [3.8, 4) is 5.75 Å². The molecule has 0 aliphatic heterocycles. The third-order valence-corrected chi connectivity index (χ3v) is 3.37. The first-order valence-corrected chi connectivity index (χ1v) is 7.10. The number of benzene rings is 2. The van der Waals surface area contributed by atoms with Gasteiger partial charge in [0.15, 0.2) is 0 Å². The summed E-state index contributed by atoms with van der Waals surface area (Å²) in [5, 5.41) is 5.45. The van der Waals surface area contributed by atoms with Crippen LogP contribution >= 0.6 is 0 Å². The molecule has 0 fully saturated rings. The molecule has 6 heteroatoms. The lowest BCUT2D eigenvalue weighted by Gasteiger charge is -2.10. The summed E-state index contributed by atoms with van der Waals surface area (Å²) in [7, 11) is 0. The highest BCUT2D eigenvalue weighted by Crippen LogP contribution is 2.15. The van der Waals surface area contributed by atoms with E-state index in [4.69, 9.17) is 0 Å². The van der Waals surface area contributed by atoms with Gasteiger partial charge in [0.2, 0.25) is 0 Å². The molecule has 0 atom stereocenters. The molecule has 0 bridgehead atoms. The van der Waals surface area contributed by atoms with Crippen molar-refractivity contribution in [2.45, 2.75) is 27.0 Å². The molecule has 0 spiro atoms. The summed E-state index contributed by atoms with van der Waals surface area (Å²) in [6.45, 7) is 1.41. The minimum atomic E-state index is -2.84. The van der Waals surface area contributed by atoms with Crippen molar-refractivity contribution in [2.24, 2.45) is 0 Å². The maximum absolute atomic E-state index is 12.0. The molecule has 0 aromatic heterocycles. The van der Waals surface area contributed by atoms with E-state index >= 15 is 0 Å². The smallest absolute Gasteiger partial charge is 0.387 e. The van der Waals surface area contributed by atoms with Crippen molar-refractivity contribution < 1.29 is 18.3 Å². The molecular weight excluding hydrogens is 302 g/mol. The second-order valence-electron chi connectivity index (χ2n) is 5.13. The van der Waals surface area contributed by atoms with Crippen LogP contribution in [0.2, 0.25) is 0 Å². The predicted octanol–water partition coefficient (Wildman–Crippen LogP) is 4.23. The molecular formula is C17H18F2N2O2. The van der Waals surface area contributed by atoms with Gasteiger partial charge in [0.05, 0.1) is 0 Å². The second-order valence-corrected chi connectivity index (χ2v) is 5.13. The molecule has 23 heavy (non-hydrogen) atoms. The van der Waals surface area contributed by atoms with Crippen LogP contribution < -0.4 is 15.4 Å². The van der Waals surface area contributed by atoms with Crippen molar-refractivity contribution in [3.63, 3.8) is 0 Å². The quantitative estimate of drug-likeness (QED) is 0.866. The number of ether oxygens (including phenoxy) is 1. The van der Waals surface area contributed by atoms with Gasteiger partial charge in [-0.2, -0.15) is 8.78 Å². The van der Waals surface area contributed by atoms with Crippen molar-refractivity contribution >= 4 is 11.7 Å². The highest BCUT2D eigenvalue weighted by Gasteiger charge is 2.05. The van der Waals surface area contributed by atoms with Gasteiger partial charge in [0, 0.05) is 12.2 Å². The van der Waals surface area contributed by atoms with Crippen molar-refractivity contribution in [1.82, 2.24) is 5.32 Å². The number of aryl methyl sites for hydroxylation is 2. The average molecular weight is 320 g/mol. The van der Waals surface area contributed by atoms with Gasteiger partial charge in [-0.3, -0.25) is 0 Å². The average Bonchev–Trinajstić information content (AvgIpc) is 2.50. The van der Waals surface area contributed by atoms with E-state index in [1.165, 1.54) is 12.1 Å². The summed E-state index contributed by atoms with van der Waals surface area (Å²) in [5.41, 5.74) is 3.74. The molecule has 122 valence electrons. The fourth-order valence-electron chi connectivity index (χ4n) is 1.97. The highest BCUT2D eigenvalue weighted by atomic mass is 19.3. The fraction of sp³-hybridized carbons (Fsp3) is 0.235. The van der Waals surface area contributed by atoms with Gasteiger partial charge in [-0.15, -0.1) is 0 Å². The first-order valence-electron chi connectivity index (χ1n) is 7.10. The van der Waals surface area contributed by atoms with Gasteiger partial charge in [-0.1, -0.05) is 18.2 Å². The summed E-state index contributed by atoms with van der Waals surface area (Å²) in [4.78, 5) is 11.8. The molecule has 0 saturated heterocycles. The molecule has 0 heterocycles. The third-order valence-electron chi connectivity index (χ3n) is 3.37. The molecule has 0 saturated carbocycles. The summed E-state index contributed by atoms with van der Waals surface area (Å²) in [6.07, 6.45) is 0. The van der Waals surface area contributed by atoms with Crippen molar-refractivity contribution in [3.05, 3.63) is 59.2 Å². The molecule has 0 aliphatic carbocycles. The molecule has 0 unspecified atom stereocenters. The number of hydrogen-bond donors (Lipinski definition) is 2. The molecule has 2 amide bonds. The van der Waals surface area contributed by atoms with Crippen LogP contribution in [0, 0.1) is 13.8 Å². The van der Waals surface area contributed by atoms with Crippen LogP contribution in [0.15, 0.2) is 42.5 Å². The van der Waals surface area contributed by atoms with Crippen molar-refractivity contribution in [2.75, 3.05) is 5.32 Å². The topological polar surface area (TPSA) is 50.4 Å². The maximum atomic E-state index is 12.0. The Balaban J connectivity index is 1.85. The first kappa shape index (κ1) is 16.7. The van der Waals surface area contributed by atoms with Crippen LogP contribution in [0.25, 0.3) is 0 Å². The lowest BCUT2D eigenvalue weighted by molar-refractivity contribution is -0.0498. The maximum Gasteiger partial charge on any atom is 0.387 e. The summed E-state index contributed by atoms with van der Waals surface area (Å²) in [6, 6.07) is 11.4. The fourth-order valence-corrected chi connectivity index (χ4v) is 1.97. The predicted molar refractivity (Wildman–Crippen MR) is 84.8 cm³/mol. The largest absolute Gasteiger partial charge is 0.435 e. The van der Waals surface area contributed by atoms with Gasteiger partial charge in [0.25, 0.3) is 0 Å². The SMILES string of the molecule is Cc1ccc(NC(=O)NCc2ccc(OC(F)F)cc2)cc1C. The Labute approximate surface area is 133 Å². The molecule has 2 aromatic carbocycles. The molecule has 2 N–H and O–H groups in total. The number of amides is 2. The van der Waals surface area contributed by atoms with Gasteiger partial charge >= 0.3 is 12.6 Å². The first-order chi connectivity index (χ1) is 10.9. The Morgan fingerprint density at radius 2 is 1.78 bits per heavy atom.